The molecule has 0 spiro atoms. The predicted molar refractivity (Wildman–Crippen MR) is 73.7 cm³/mol. The highest BCUT2D eigenvalue weighted by Gasteiger charge is 2.05. The monoisotopic (exact) mass is 259 g/mol. The maximum Gasteiger partial charge on any atom is 0.225 e. The summed E-state index contributed by atoms with van der Waals surface area (Å²) in [5, 5.41) is 12.7. The Balaban J connectivity index is 2.00. The number of carbonyl (C=O) groups is 1. The van der Waals surface area contributed by atoms with Gasteiger partial charge in [0, 0.05) is 24.2 Å². The second-order valence-corrected chi connectivity index (χ2v) is 4.22. The molecule has 1 aromatic heterocycles. The second-order valence-electron chi connectivity index (χ2n) is 4.22. The van der Waals surface area contributed by atoms with Crippen molar-refractivity contribution in [1.29, 1.82) is 0 Å². The number of rotatable bonds is 5. The molecule has 0 unspecified atom stereocenters. The first-order valence-electron chi connectivity index (χ1n) is 6.13. The van der Waals surface area contributed by atoms with Gasteiger partial charge in [0.05, 0.1) is 0 Å². The normalized spacial score (nSPS) is 10.4. The van der Waals surface area contributed by atoms with Gasteiger partial charge < -0.3 is 10.6 Å². The predicted octanol–water partition coefficient (Wildman–Crippen LogP) is 1.33. The van der Waals surface area contributed by atoms with Crippen molar-refractivity contribution < 1.29 is 4.79 Å². The number of hydrogen-bond donors (Lipinski definition) is 3. The van der Waals surface area contributed by atoms with Crippen LogP contribution in [0.1, 0.15) is 12.2 Å². The van der Waals surface area contributed by atoms with Gasteiger partial charge >= 0.3 is 0 Å². The van der Waals surface area contributed by atoms with E-state index in [4.69, 9.17) is 0 Å². The van der Waals surface area contributed by atoms with E-state index in [0.29, 0.717) is 18.8 Å². The minimum Gasteiger partial charge on any atom is -0.326 e. The van der Waals surface area contributed by atoms with Gasteiger partial charge in [0.25, 0.3) is 0 Å². The van der Waals surface area contributed by atoms with E-state index >= 15 is 0 Å². The maximum atomic E-state index is 11.5. The minimum atomic E-state index is -0.00385. The third kappa shape index (κ3) is 3.62. The molecule has 0 saturated heterocycles. The van der Waals surface area contributed by atoms with E-state index in [2.05, 4.69) is 25.8 Å². The lowest BCUT2D eigenvalue weighted by Crippen LogP contribution is -2.18. The molecule has 6 heteroatoms. The molecule has 1 heterocycles. The van der Waals surface area contributed by atoms with Crippen LogP contribution in [0.3, 0.4) is 0 Å². The Hall–Kier alpha value is -2.21. The summed E-state index contributed by atoms with van der Waals surface area (Å²) in [5.41, 5.74) is 1.69. The number of aromatic nitrogens is 3. The SMILES string of the molecule is CNCCC(=O)Nc1ccc(-c2n[nH]c(C)n2)cc1. The molecule has 0 aliphatic heterocycles. The number of H-pyrrole nitrogens is 1. The van der Waals surface area contributed by atoms with Gasteiger partial charge in [0.2, 0.25) is 5.91 Å². The van der Waals surface area contributed by atoms with E-state index in [9.17, 15) is 4.79 Å². The molecule has 0 radical (unpaired) electrons. The van der Waals surface area contributed by atoms with Crippen LogP contribution in [-0.2, 0) is 4.79 Å². The Morgan fingerprint density at radius 3 is 2.63 bits per heavy atom. The molecule has 0 aliphatic rings. The number of nitrogens with zero attached hydrogens (tertiary/aromatic N) is 2. The van der Waals surface area contributed by atoms with Crippen molar-refractivity contribution in [3.63, 3.8) is 0 Å². The average molecular weight is 259 g/mol. The van der Waals surface area contributed by atoms with Gasteiger partial charge in [0.1, 0.15) is 5.82 Å². The van der Waals surface area contributed by atoms with Crippen LogP contribution in [0.2, 0.25) is 0 Å². The smallest absolute Gasteiger partial charge is 0.225 e. The van der Waals surface area contributed by atoms with Crippen LogP contribution in [0.25, 0.3) is 11.4 Å². The second kappa shape index (κ2) is 6.10. The number of aromatic amines is 1. The Morgan fingerprint density at radius 2 is 2.05 bits per heavy atom. The summed E-state index contributed by atoms with van der Waals surface area (Å²) in [6.45, 7) is 2.52. The van der Waals surface area contributed by atoms with E-state index in [1.54, 1.807) is 0 Å². The summed E-state index contributed by atoms with van der Waals surface area (Å²) in [4.78, 5) is 15.8. The summed E-state index contributed by atoms with van der Waals surface area (Å²) >= 11 is 0. The van der Waals surface area contributed by atoms with Gasteiger partial charge in [-0.05, 0) is 38.2 Å². The molecule has 0 atom stereocenters. The van der Waals surface area contributed by atoms with Crippen molar-refractivity contribution in [3.8, 4) is 11.4 Å². The zero-order valence-corrected chi connectivity index (χ0v) is 11.0. The molecule has 1 amide bonds. The van der Waals surface area contributed by atoms with E-state index < -0.39 is 0 Å². The van der Waals surface area contributed by atoms with Gasteiger partial charge in [-0.3, -0.25) is 9.89 Å². The van der Waals surface area contributed by atoms with Gasteiger partial charge in [-0.25, -0.2) is 4.98 Å². The Bertz CT molecular complexity index is 546. The lowest BCUT2D eigenvalue weighted by molar-refractivity contribution is -0.116. The molecule has 1 aromatic carbocycles. The van der Waals surface area contributed by atoms with Crippen LogP contribution in [0.4, 0.5) is 5.69 Å². The first-order valence-corrected chi connectivity index (χ1v) is 6.13. The van der Waals surface area contributed by atoms with Crippen molar-refractivity contribution in [2.45, 2.75) is 13.3 Å². The summed E-state index contributed by atoms with van der Waals surface area (Å²) in [7, 11) is 1.82. The fourth-order valence-electron chi connectivity index (χ4n) is 1.64. The number of hydrogen-bond acceptors (Lipinski definition) is 4. The average Bonchev–Trinajstić information content (AvgIpc) is 2.84. The van der Waals surface area contributed by atoms with E-state index in [1.165, 1.54) is 0 Å². The molecular formula is C13H17N5O. The number of nitrogens with one attached hydrogen (secondary N) is 3. The summed E-state index contributed by atoms with van der Waals surface area (Å²) in [6.07, 6.45) is 0.457. The third-order valence-corrected chi connectivity index (χ3v) is 2.63. The fraction of sp³-hybridized carbons (Fsp3) is 0.308. The van der Waals surface area contributed by atoms with Crippen LogP contribution in [0.5, 0.6) is 0 Å². The third-order valence-electron chi connectivity index (χ3n) is 2.63. The molecule has 3 N–H and O–H groups in total. The summed E-state index contributed by atoms with van der Waals surface area (Å²) in [6, 6.07) is 7.46. The van der Waals surface area contributed by atoms with E-state index in [0.717, 1.165) is 17.1 Å². The van der Waals surface area contributed by atoms with Crippen LogP contribution in [0.15, 0.2) is 24.3 Å². The highest BCUT2D eigenvalue weighted by molar-refractivity contribution is 5.91. The van der Waals surface area contributed by atoms with E-state index in [1.807, 2.05) is 38.2 Å². The number of amides is 1. The zero-order valence-electron chi connectivity index (χ0n) is 11.0. The van der Waals surface area contributed by atoms with Crippen molar-refractivity contribution in [3.05, 3.63) is 30.1 Å². The molecule has 0 saturated carbocycles. The Kier molecular flexibility index (Phi) is 4.25. The molecular weight excluding hydrogens is 242 g/mol. The largest absolute Gasteiger partial charge is 0.326 e. The number of carbonyl (C=O) groups excluding carboxylic acids is 1. The topological polar surface area (TPSA) is 82.7 Å². The lowest BCUT2D eigenvalue weighted by atomic mass is 10.2. The molecule has 6 nitrogen and oxygen atoms in total. The van der Waals surface area contributed by atoms with E-state index in [-0.39, 0.29) is 5.91 Å². The molecule has 2 aromatic rings. The van der Waals surface area contributed by atoms with Crippen LogP contribution in [0, 0.1) is 6.92 Å². The number of anilines is 1. The molecule has 0 fully saturated rings. The van der Waals surface area contributed by atoms with Crippen molar-refractivity contribution >= 4 is 11.6 Å². The fourth-order valence-corrected chi connectivity index (χ4v) is 1.64. The number of aryl methyl sites for hydroxylation is 1. The van der Waals surface area contributed by atoms with Gasteiger partial charge in [-0.15, -0.1) is 0 Å². The van der Waals surface area contributed by atoms with Crippen LogP contribution < -0.4 is 10.6 Å². The maximum absolute atomic E-state index is 11.5. The quantitative estimate of drug-likeness (QED) is 0.756. The van der Waals surface area contributed by atoms with Crippen molar-refractivity contribution in [2.24, 2.45) is 0 Å². The molecule has 2 rings (SSSR count). The van der Waals surface area contributed by atoms with Crippen LogP contribution >= 0.6 is 0 Å². The van der Waals surface area contributed by atoms with Crippen molar-refractivity contribution in [2.75, 3.05) is 18.9 Å². The van der Waals surface area contributed by atoms with Gasteiger partial charge in [0.15, 0.2) is 5.82 Å². The van der Waals surface area contributed by atoms with Crippen LogP contribution in [-0.4, -0.2) is 34.7 Å². The molecule has 100 valence electrons. The minimum absolute atomic E-state index is 0.00385. The van der Waals surface area contributed by atoms with Gasteiger partial charge in [-0.2, -0.15) is 5.10 Å². The first kappa shape index (κ1) is 13.2. The Morgan fingerprint density at radius 1 is 1.32 bits per heavy atom. The summed E-state index contributed by atoms with van der Waals surface area (Å²) < 4.78 is 0. The highest BCUT2D eigenvalue weighted by atomic mass is 16.1. The van der Waals surface area contributed by atoms with Gasteiger partial charge in [-0.1, -0.05) is 0 Å². The van der Waals surface area contributed by atoms with Crippen molar-refractivity contribution in [1.82, 2.24) is 20.5 Å². The number of benzene rings is 1. The lowest BCUT2D eigenvalue weighted by Gasteiger charge is -2.05. The molecule has 0 aliphatic carbocycles. The first-order chi connectivity index (χ1) is 9.19. The molecule has 19 heavy (non-hydrogen) atoms. The zero-order chi connectivity index (χ0) is 13.7. The standard InChI is InChI=1S/C13H17N5O/c1-9-15-13(18-17-9)10-3-5-11(6-4-10)16-12(19)7-8-14-2/h3-6,14H,7-8H2,1-2H3,(H,16,19)(H,15,17,18). The molecule has 0 bridgehead atoms. The summed E-state index contributed by atoms with van der Waals surface area (Å²) in [5.74, 6) is 1.43. The Labute approximate surface area is 111 Å². The highest BCUT2D eigenvalue weighted by Crippen LogP contribution is 2.17.